The number of hydrogen-bond donors (Lipinski definition) is 1. The standard InChI is InChI=1S/C28H31F4N3O3/c29-22-5-7-23(8-6-22)33-24-10-12-34(15-24)25-9-11-27(37-17-25,20-3-4-20)26(36)35-14-19-13-21(28(30,31)32)2-1-18(19)16-38-35/h1-2,5-8,13,20,24-25,33H,3-4,9-12,14-17H2/t24-,25-,27+/m1/s1. The zero-order valence-electron chi connectivity index (χ0n) is 21.0. The molecular formula is C28H31F4N3O3. The molecule has 204 valence electrons. The number of nitrogens with one attached hydrogen (secondary N) is 1. The Hall–Kier alpha value is -2.69. The molecule has 0 radical (unpaired) electrons. The highest BCUT2D eigenvalue weighted by molar-refractivity contribution is 5.85. The lowest BCUT2D eigenvalue weighted by atomic mass is 9.85. The van der Waals surface area contributed by atoms with Crippen LogP contribution in [0.2, 0.25) is 0 Å². The number of alkyl halides is 3. The molecule has 2 saturated heterocycles. The molecule has 2 aromatic rings. The van der Waals surface area contributed by atoms with Crippen LogP contribution in [-0.2, 0) is 33.7 Å². The van der Waals surface area contributed by atoms with Crippen molar-refractivity contribution in [3.63, 3.8) is 0 Å². The number of carbonyl (C=O) groups is 1. The van der Waals surface area contributed by atoms with Crippen molar-refractivity contribution in [3.8, 4) is 0 Å². The first-order valence-electron chi connectivity index (χ1n) is 13.3. The number of benzene rings is 2. The Balaban J connectivity index is 1.09. The third-order valence-electron chi connectivity index (χ3n) is 8.38. The number of fused-ring (bicyclic) bond motifs is 1. The van der Waals surface area contributed by atoms with Crippen molar-refractivity contribution >= 4 is 11.6 Å². The molecule has 3 atom stereocenters. The maximum Gasteiger partial charge on any atom is 0.416 e. The van der Waals surface area contributed by atoms with Crippen molar-refractivity contribution in [3.05, 3.63) is 65.0 Å². The minimum absolute atomic E-state index is 0.0256. The Morgan fingerprint density at radius 2 is 1.82 bits per heavy atom. The second-order valence-electron chi connectivity index (χ2n) is 10.9. The zero-order valence-corrected chi connectivity index (χ0v) is 21.0. The number of amides is 1. The van der Waals surface area contributed by atoms with Crippen molar-refractivity contribution in [1.82, 2.24) is 9.96 Å². The molecule has 0 unspecified atom stereocenters. The van der Waals surface area contributed by atoms with Gasteiger partial charge in [0.05, 0.1) is 18.7 Å². The molecule has 3 heterocycles. The van der Waals surface area contributed by atoms with E-state index >= 15 is 0 Å². The average Bonchev–Trinajstić information content (AvgIpc) is 3.68. The van der Waals surface area contributed by atoms with Crippen molar-refractivity contribution in [2.75, 3.05) is 25.0 Å². The summed E-state index contributed by atoms with van der Waals surface area (Å²) in [4.78, 5) is 21.9. The number of nitrogens with zero attached hydrogens (tertiary/aromatic N) is 2. The SMILES string of the molecule is O=C(N1Cc2cc(C(F)(F)F)ccc2CO1)[C@@]1(C2CC2)CC[C@@H](N2CC[C@@H](Nc3ccc(F)cc3)C2)CO1. The fourth-order valence-electron chi connectivity index (χ4n) is 6.08. The summed E-state index contributed by atoms with van der Waals surface area (Å²) in [6, 6.07) is 10.4. The number of ether oxygens (including phenoxy) is 1. The number of rotatable bonds is 5. The van der Waals surface area contributed by atoms with Crippen molar-refractivity contribution < 1.29 is 31.9 Å². The number of hydrogen-bond acceptors (Lipinski definition) is 5. The summed E-state index contributed by atoms with van der Waals surface area (Å²) in [7, 11) is 0. The van der Waals surface area contributed by atoms with E-state index in [-0.39, 0.29) is 42.9 Å². The maximum atomic E-state index is 13.8. The minimum Gasteiger partial charge on any atom is -0.381 e. The number of hydroxylamine groups is 2. The quantitative estimate of drug-likeness (QED) is 0.540. The van der Waals surface area contributed by atoms with Gasteiger partial charge in [-0.2, -0.15) is 13.2 Å². The molecule has 38 heavy (non-hydrogen) atoms. The molecule has 1 N–H and O–H groups in total. The summed E-state index contributed by atoms with van der Waals surface area (Å²) >= 11 is 0. The molecule has 1 amide bonds. The molecule has 3 fully saturated rings. The van der Waals surface area contributed by atoms with E-state index in [1.165, 1.54) is 23.3 Å². The highest BCUT2D eigenvalue weighted by Gasteiger charge is 2.56. The second-order valence-corrected chi connectivity index (χ2v) is 10.9. The molecule has 1 saturated carbocycles. The predicted molar refractivity (Wildman–Crippen MR) is 131 cm³/mol. The number of carbonyl (C=O) groups excluding carboxylic acids is 1. The lowest BCUT2D eigenvalue weighted by Crippen LogP contribution is -2.57. The van der Waals surface area contributed by atoms with Crippen molar-refractivity contribution in [2.24, 2.45) is 5.92 Å². The Morgan fingerprint density at radius 3 is 2.50 bits per heavy atom. The van der Waals surface area contributed by atoms with Crippen molar-refractivity contribution in [1.29, 1.82) is 0 Å². The van der Waals surface area contributed by atoms with E-state index in [1.54, 1.807) is 12.1 Å². The molecule has 0 aromatic heterocycles. The number of anilines is 1. The largest absolute Gasteiger partial charge is 0.416 e. The van der Waals surface area contributed by atoms with Crippen LogP contribution in [0.4, 0.5) is 23.2 Å². The summed E-state index contributed by atoms with van der Waals surface area (Å²) in [5, 5.41) is 4.69. The van der Waals surface area contributed by atoms with Gasteiger partial charge >= 0.3 is 6.18 Å². The van der Waals surface area contributed by atoms with Crippen LogP contribution in [0, 0.1) is 11.7 Å². The van der Waals surface area contributed by atoms with Gasteiger partial charge in [-0.25, -0.2) is 9.45 Å². The molecule has 6 nitrogen and oxygen atoms in total. The van der Waals surface area contributed by atoms with E-state index in [0.29, 0.717) is 24.2 Å². The molecule has 0 spiro atoms. The molecule has 10 heteroatoms. The summed E-state index contributed by atoms with van der Waals surface area (Å²) in [6.45, 7) is 2.20. The van der Waals surface area contributed by atoms with E-state index in [2.05, 4.69) is 10.2 Å². The van der Waals surface area contributed by atoms with Crippen LogP contribution in [0.1, 0.15) is 48.8 Å². The van der Waals surface area contributed by atoms with Crippen LogP contribution in [-0.4, -0.2) is 53.3 Å². The van der Waals surface area contributed by atoms with Gasteiger partial charge in [0.15, 0.2) is 5.60 Å². The summed E-state index contributed by atoms with van der Waals surface area (Å²) in [5.74, 6) is -0.436. The first kappa shape index (κ1) is 25.6. The summed E-state index contributed by atoms with van der Waals surface area (Å²) in [5.41, 5.74) is 0.293. The van der Waals surface area contributed by atoms with Gasteiger partial charge in [-0.1, -0.05) is 6.07 Å². The lowest BCUT2D eigenvalue weighted by molar-refractivity contribution is -0.230. The predicted octanol–water partition coefficient (Wildman–Crippen LogP) is 5.13. The summed E-state index contributed by atoms with van der Waals surface area (Å²) in [6.07, 6.45) is -0.334. The normalized spacial score (nSPS) is 28.3. The molecular weight excluding hydrogens is 502 g/mol. The maximum absolute atomic E-state index is 13.8. The van der Waals surface area contributed by atoms with Gasteiger partial charge in [0, 0.05) is 30.9 Å². The van der Waals surface area contributed by atoms with Crippen molar-refractivity contribution in [2.45, 2.75) is 69.1 Å². The molecule has 1 aliphatic carbocycles. The van der Waals surface area contributed by atoms with E-state index < -0.39 is 17.3 Å². The molecule has 2 aromatic carbocycles. The van der Waals surface area contributed by atoms with Gasteiger partial charge in [0.25, 0.3) is 5.91 Å². The van der Waals surface area contributed by atoms with E-state index in [9.17, 15) is 22.4 Å². The fraction of sp³-hybridized carbons (Fsp3) is 0.536. The van der Waals surface area contributed by atoms with Gasteiger partial charge in [0.1, 0.15) is 12.4 Å². The van der Waals surface area contributed by atoms with Crippen LogP contribution in [0.15, 0.2) is 42.5 Å². The fourth-order valence-corrected chi connectivity index (χ4v) is 6.08. The topological polar surface area (TPSA) is 54.0 Å². The smallest absolute Gasteiger partial charge is 0.381 e. The minimum atomic E-state index is -4.44. The Bertz CT molecular complexity index is 1180. The van der Waals surface area contributed by atoms with Gasteiger partial charge in [-0.15, -0.1) is 0 Å². The monoisotopic (exact) mass is 533 g/mol. The van der Waals surface area contributed by atoms with Gasteiger partial charge in [-0.05, 0) is 85.5 Å². The highest BCUT2D eigenvalue weighted by Crippen LogP contribution is 2.48. The third kappa shape index (κ3) is 5.01. The Morgan fingerprint density at radius 1 is 1.03 bits per heavy atom. The van der Waals surface area contributed by atoms with Gasteiger partial charge < -0.3 is 10.1 Å². The first-order chi connectivity index (χ1) is 18.2. The number of likely N-dealkylation sites (tertiary alicyclic amines) is 1. The Labute approximate surface area is 218 Å². The van der Waals surface area contributed by atoms with E-state index in [1.807, 2.05) is 0 Å². The Kier molecular flexibility index (Phi) is 6.60. The van der Waals surface area contributed by atoms with Crippen LogP contribution < -0.4 is 5.32 Å². The van der Waals surface area contributed by atoms with Crippen LogP contribution in [0.5, 0.6) is 0 Å². The first-order valence-corrected chi connectivity index (χ1v) is 13.3. The van der Waals surface area contributed by atoms with E-state index in [0.717, 1.165) is 56.6 Å². The van der Waals surface area contributed by atoms with Crippen LogP contribution >= 0.6 is 0 Å². The number of halogens is 4. The molecule has 0 bridgehead atoms. The van der Waals surface area contributed by atoms with E-state index in [4.69, 9.17) is 9.57 Å². The van der Waals surface area contributed by atoms with Crippen LogP contribution in [0.3, 0.4) is 0 Å². The summed E-state index contributed by atoms with van der Waals surface area (Å²) < 4.78 is 59.3. The third-order valence-corrected chi connectivity index (χ3v) is 8.38. The zero-order chi connectivity index (χ0) is 26.5. The lowest BCUT2D eigenvalue weighted by Gasteiger charge is -2.44. The van der Waals surface area contributed by atoms with Gasteiger partial charge in [-0.3, -0.25) is 14.5 Å². The molecule has 6 rings (SSSR count). The van der Waals surface area contributed by atoms with Crippen LogP contribution in [0.25, 0.3) is 0 Å². The highest BCUT2D eigenvalue weighted by atomic mass is 19.4. The second kappa shape index (κ2) is 9.81. The molecule has 4 aliphatic rings. The average molecular weight is 534 g/mol. The molecule has 3 aliphatic heterocycles. The van der Waals surface area contributed by atoms with Gasteiger partial charge in [0.2, 0.25) is 0 Å².